The van der Waals surface area contributed by atoms with Crippen molar-refractivity contribution in [3.63, 3.8) is 0 Å². The molecule has 0 radical (unpaired) electrons. The van der Waals surface area contributed by atoms with Gasteiger partial charge in [0.05, 0.1) is 6.20 Å². The number of nitrogens with zero attached hydrogens (tertiary/aromatic N) is 3. The standard InChI is InChI=1S/C12H20BrN3/c1-2-16-10-11(8-14-16)9-15-6-4-3-5-12(15)7-13/h8,10,12H,2-7,9H2,1H3. The van der Waals surface area contributed by atoms with Crippen LogP contribution >= 0.6 is 15.9 Å². The second kappa shape index (κ2) is 5.82. The maximum Gasteiger partial charge on any atom is 0.0534 e. The highest BCUT2D eigenvalue weighted by atomic mass is 79.9. The third-order valence-corrected chi connectivity index (χ3v) is 4.07. The summed E-state index contributed by atoms with van der Waals surface area (Å²) in [4.78, 5) is 2.58. The van der Waals surface area contributed by atoms with Gasteiger partial charge in [0.1, 0.15) is 0 Å². The Labute approximate surface area is 106 Å². The molecule has 0 aliphatic carbocycles. The summed E-state index contributed by atoms with van der Waals surface area (Å²) >= 11 is 3.62. The average molecular weight is 286 g/mol. The van der Waals surface area contributed by atoms with Crippen molar-refractivity contribution in [1.29, 1.82) is 0 Å². The van der Waals surface area contributed by atoms with Gasteiger partial charge in [-0.15, -0.1) is 0 Å². The molecule has 3 nitrogen and oxygen atoms in total. The first-order valence-corrected chi connectivity index (χ1v) is 7.27. The van der Waals surface area contributed by atoms with E-state index in [2.05, 4.69) is 39.0 Å². The maximum atomic E-state index is 4.33. The lowest BCUT2D eigenvalue weighted by atomic mass is 10.0. The predicted octanol–water partition coefficient (Wildman–Crippen LogP) is 2.65. The smallest absolute Gasteiger partial charge is 0.0534 e. The lowest BCUT2D eigenvalue weighted by molar-refractivity contribution is 0.156. The van der Waals surface area contributed by atoms with E-state index in [0.717, 1.165) is 18.4 Å². The molecular formula is C12H20BrN3. The van der Waals surface area contributed by atoms with Crippen molar-refractivity contribution in [2.75, 3.05) is 11.9 Å². The first kappa shape index (κ1) is 12.1. The van der Waals surface area contributed by atoms with Gasteiger partial charge in [0, 0.05) is 36.2 Å². The van der Waals surface area contributed by atoms with Gasteiger partial charge in [-0.05, 0) is 26.3 Å². The minimum absolute atomic E-state index is 0.707. The van der Waals surface area contributed by atoms with Crippen molar-refractivity contribution in [1.82, 2.24) is 14.7 Å². The van der Waals surface area contributed by atoms with Gasteiger partial charge in [0.2, 0.25) is 0 Å². The van der Waals surface area contributed by atoms with Crippen LogP contribution in [0.3, 0.4) is 0 Å². The summed E-state index contributed by atoms with van der Waals surface area (Å²) in [6.07, 6.45) is 8.21. The molecule has 90 valence electrons. The number of likely N-dealkylation sites (tertiary alicyclic amines) is 1. The van der Waals surface area contributed by atoms with Crippen LogP contribution in [0.5, 0.6) is 0 Å². The molecule has 1 aromatic rings. The van der Waals surface area contributed by atoms with Gasteiger partial charge in [-0.1, -0.05) is 22.4 Å². The van der Waals surface area contributed by atoms with Crippen LogP contribution in [0.2, 0.25) is 0 Å². The Morgan fingerprint density at radius 1 is 1.50 bits per heavy atom. The van der Waals surface area contributed by atoms with Crippen LogP contribution in [-0.2, 0) is 13.1 Å². The molecule has 0 saturated carbocycles. The van der Waals surface area contributed by atoms with Crippen LogP contribution in [0.1, 0.15) is 31.7 Å². The number of piperidine rings is 1. The molecule has 4 heteroatoms. The van der Waals surface area contributed by atoms with Crippen LogP contribution in [0.4, 0.5) is 0 Å². The van der Waals surface area contributed by atoms with Crippen LogP contribution in [0, 0.1) is 0 Å². The molecule has 0 amide bonds. The summed E-state index contributed by atoms with van der Waals surface area (Å²) in [6.45, 7) is 5.37. The number of rotatable bonds is 4. The van der Waals surface area contributed by atoms with Gasteiger partial charge in [0.25, 0.3) is 0 Å². The average Bonchev–Trinajstić information content (AvgIpc) is 2.77. The van der Waals surface area contributed by atoms with E-state index in [0.29, 0.717) is 6.04 Å². The third kappa shape index (κ3) is 2.86. The summed E-state index contributed by atoms with van der Waals surface area (Å²) in [5.74, 6) is 0. The number of halogens is 1. The van der Waals surface area contributed by atoms with Crippen LogP contribution in [0.15, 0.2) is 12.4 Å². The molecule has 1 aromatic heterocycles. The molecule has 1 atom stereocenters. The SMILES string of the molecule is CCn1cc(CN2CCCCC2CBr)cn1. The summed E-state index contributed by atoms with van der Waals surface area (Å²) in [5, 5.41) is 5.42. The largest absolute Gasteiger partial charge is 0.295 e. The Morgan fingerprint density at radius 3 is 3.06 bits per heavy atom. The molecule has 1 saturated heterocycles. The molecule has 1 aliphatic rings. The summed E-state index contributed by atoms with van der Waals surface area (Å²) in [6, 6.07) is 0.707. The number of aryl methyl sites for hydroxylation is 1. The summed E-state index contributed by atoms with van der Waals surface area (Å²) in [5.41, 5.74) is 1.34. The Kier molecular flexibility index (Phi) is 4.41. The van der Waals surface area contributed by atoms with Crippen molar-refractivity contribution >= 4 is 15.9 Å². The van der Waals surface area contributed by atoms with Gasteiger partial charge in [-0.2, -0.15) is 5.10 Å². The van der Waals surface area contributed by atoms with Gasteiger partial charge in [-0.25, -0.2) is 0 Å². The predicted molar refractivity (Wildman–Crippen MR) is 69.7 cm³/mol. The zero-order chi connectivity index (χ0) is 11.4. The molecule has 0 N–H and O–H groups in total. The Balaban J connectivity index is 1.96. The van der Waals surface area contributed by atoms with Crippen molar-refractivity contribution in [3.8, 4) is 0 Å². The van der Waals surface area contributed by atoms with Gasteiger partial charge >= 0.3 is 0 Å². The molecule has 0 aromatic carbocycles. The van der Waals surface area contributed by atoms with Gasteiger partial charge in [0.15, 0.2) is 0 Å². The molecule has 0 spiro atoms. The molecule has 0 bridgehead atoms. The molecule has 2 heterocycles. The lowest BCUT2D eigenvalue weighted by Gasteiger charge is -2.34. The normalized spacial score (nSPS) is 22.5. The van der Waals surface area contributed by atoms with Crippen molar-refractivity contribution in [3.05, 3.63) is 18.0 Å². The number of hydrogen-bond donors (Lipinski definition) is 0. The van der Waals surface area contributed by atoms with Crippen molar-refractivity contribution < 1.29 is 0 Å². The van der Waals surface area contributed by atoms with E-state index in [4.69, 9.17) is 0 Å². The fourth-order valence-electron chi connectivity index (χ4n) is 2.34. The zero-order valence-electron chi connectivity index (χ0n) is 9.90. The molecule has 16 heavy (non-hydrogen) atoms. The van der Waals surface area contributed by atoms with Gasteiger partial charge < -0.3 is 0 Å². The quantitative estimate of drug-likeness (QED) is 0.793. The number of aromatic nitrogens is 2. The van der Waals surface area contributed by atoms with E-state index in [1.165, 1.54) is 31.4 Å². The molecule has 1 fully saturated rings. The lowest BCUT2D eigenvalue weighted by Crippen LogP contribution is -2.39. The van der Waals surface area contributed by atoms with Gasteiger partial charge in [-0.3, -0.25) is 9.58 Å². The Morgan fingerprint density at radius 2 is 2.38 bits per heavy atom. The van der Waals surface area contributed by atoms with E-state index in [-0.39, 0.29) is 0 Å². The van der Waals surface area contributed by atoms with E-state index < -0.39 is 0 Å². The van der Waals surface area contributed by atoms with Crippen molar-refractivity contribution in [2.45, 2.75) is 45.3 Å². The number of alkyl halides is 1. The topological polar surface area (TPSA) is 21.1 Å². The highest BCUT2D eigenvalue weighted by molar-refractivity contribution is 9.09. The van der Waals surface area contributed by atoms with Crippen LogP contribution in [-0.4, -0.2) is 32.6 Å². The molecular weight excluding hydrogens is 266 g/mol. The van der Waals surface area contributed by atoms with Crippen LogP contribution in [0.25, 0.3) is 0 Å². The Hall–Kier alpha value is -0.350. The second-order valence-electron chi connectivity index (χ2n) is 4.48. The Bertz CT molecular complexity index is 324. The van der Waals surface area contributed by atoms with E-state index in [1.807, 2.05) is 10.9 Å². The minimum atomic E-state index is 0.707. The van der Waals surface area contributed by atoms with Crippen LogP contribution < -0.4 is 0 Å². The highest BCUT2D eigenvalue weighted by Crippen LogP contribution is 2.20. The van der Waals surface area contributed by atoms with E-state index in [9.17, 15) is 0 Å². The summed E-state index contributed by atoms with van der Waals surface area (Å²) in [7, 11) is 0. The fourth-order valence-corrected chi connectivity index (χ4v) is 3.07. The maximum absolute atomic E-state index is 4.33. The first-order chi connectivity index (χ1) is 7.83. The minimum Gasteiger partial charge on any atom is -0.295 e. The van der Waals surface area contributed by atoms with Crippen molar-refractivity contribution in [2.24, 2.45) is 0 Å². The molecule has 1 aliphatic heterocycles. The molecule has 2 rings (SSSR count). The zero-order valence-corrected chi connectivity index (χ0v) is 11.5. The summed E-state index contributed by atoms with van der Waals surface area (Å²) < 4.78 is 2.00. The highest BCUT2D eigenvalue weighted by Gasteiger charge is 2.21. The fraction of sp³-hybridized carbons (Fsp3) is 0.750. The number of hydrogen-bond acceptors (Lipinski definition) is 2. The third-order valence-electron chi connectivity index (χ3n) is 3.32. The monoisotopic (exact) mass is 285 g/mol. The first-order valence-electron chi connectivity index (χ1n) is 6.15. The molecule has 1 unspecified atom stereocenters. The van der Waals surface area contributed by atoms with E-state index in [1.54, 1.807) is 0 Å². The van der Waals surface area contributed by atoms with E-state index >= 15 is 0 Å². The second-order valence-corrected chi connectivity index (χ2v) is 5.13.